The second-order valence-electron chi connectivity index (χ2n) is 7.71. The SMILES string of the molecule is Cc1noc(C=C[NH+](C)C)c1S(=O)(=O)NCC[NH+]1CCN(c2ccccc2F)CC1. The summed E-state index contributed by atoms with van der Waals surface area (Å²) in [6.07, 6.45) is 3.41. The van der Waals surface area contributed by atoms with Gasteiger partial charge in [0.2, 0.25) is 10.0 Å². The number of piperazine rings is 1. The molecule has 0 atom stereocenters. The van der Waals surface area contributed by atoms with Crippen LogP contribution in [0.5, 0.6) is 0 Å². The maximum absolute atomic E-state index is 14.0. The monoisotopic (exact) mass is 439 g/mol. The summed E-state index contributed by atoms with van der Waals surface area (Å²) in [4.78, 5) is 4.43. The standard InChI is InChI=1S/C20H28FN5O3S/c1-16-20(19(29-23-16)8-10-24(2)3)30(27,28)22-9-11-25-12-14-26(15-13-25)18-7-5-4-6-17(18)21/h4-8,10,22H,9,11-15H2,1-3H3/p+2. The average molecular weight is 440 g/mol. The highest BCUT2D eigenvalue weighted by Gasteiger charge is 2.27. The average Bonchev–Trinajstić information content (AvgIpc) is 3.09. The Bertz CT molecular complexity index is 982. The molecule has 3 N–H and O–H groups in total. The van der Waals surface area contributed by atoms with Crippen molar-refractivity contribution < 1.29 is 27.1 Å². The quantitative estimate of drug-likeness (QED) is 0.488. The Labute approximate surface area is 177 Å². The fourth-order valence-electron chi connectivity index (χ4n) is 3.51. The number of halogens is 1. The number of nitrogens with one attached hydrogen (secondary N) is 3. The normalized spacial score (nSPS) is 16.1. The van der Waals surface area contributed by atoms with Crippen molar-refractivity contribution in [3.63, 3.8) is 0 Å². The van der Waals surface area contributed by atoms with Crippen LogP contribution in [-0.4, -0.2) is 66.9 Å². The second kappa shape index (κ2) is 9.69. The van der Waals surface area contributed by atoms with Gasteiger partial charge >= 0.3 is 0 Å². The number of aryl methyl sites for hydroxylation is 1. The highest BCUT2D eigenvalue weighted by Crippen LogP contribution is 2.20. The van der Waals surface area contributed by atoms with Gasteiger partial charge in [-0.15, -0.1) is 0 Å². The van der Waals surface area contributed by atoms with Crippen LogP contribution in [-0.2, 0) is 10.0 Å². The van der Waals surface area contributed by atoms with E-state index in [1.54, 1.807) is 31.3 Å². The molecular weight excluding hydrogens is 409 g/mol. The van der Waals surface area contributed by atoms with Gasteiger partial charge in [-0.1, -0.05) is 17.3 Å². The zero-order valence-electron chi connectivity index (χ0n) is 17.6. The number of nitrogens with zero attached hydrogens (tertiary/aromatic N) is 2. The van der Waals surface area contributed by atoms with E-state index in [2.05, 4.69) is 9.88 Å². The molecule has 0 aliphatic carbocycles. The fraction of sp³-hybridized carbons (Fsp3) is 0.450. The predicted molar refractivity (Wildman–Crippen MR) is 112 cm³/mol. The lowest BCUT2D eigenvalue weighted by molar-refractivity contribution is -0.899. The van der Waals surface area contributed by atoms with Crippen molar-refractivity contribution in [2.45, 2.75) is 11.8 Å². The van der Waals surface area contributed by atoms with Crippen LogP contribution in [0.2, 0.25) is 0 Å². The van der Waals surface area contributed by atoms with Crippen LogP contribution in [0, 0.1) is 12.7 Å². The van der Waals surface area contributed by atoms with Gasteiger partial charge < -0.3 is 19.2 Å². The first-order valence-corrected chi connectivity index (χ1v) is 11.5. The molecule has 164 valence electrons. The largest absolute Gasteiger partial charge is 0.358 e. The van der Waals surface area contributed by atoms with Gasteiger partial charge in [0.15, 0.2) is 10.7 Å². The minimum Gasteiger partial charge on any atom is -0.358 e. The number of hydrogen-bond donors (Lipinski definition) is 3. The number of aromatic nitrogens is 1. The van der Waals surface area contributed by atoms with Crippen LogP contribution in [0.4, 0.5) is 10.1 Å². The highest BCUT2D eigenvalue weighted by molar-refractivity contribution is 7.89. The van der Waals surface area contributed by atoms with Crippen LogP contribution in [0.25, 0.3) is 6.08 Å². The van der Waals surface area contributed by atoms with E-state index in [9.17, 15) is 12.8 Å². The molecule has 2 heterocycles. The summed E-state index contributed by atoms with van der Waals surface area (Å²) >= 11 is 0. The molecule has 0 amide bonds. The van der Waals surface area contributed by atoms with E-state index in [1.165, 1.54) is 11.0 Å². The molecule has 1 aliphatic heterocycles. The van der Waals surface area contributed by atoms with Gasteiger partial charge in [0.05, 0.1) is 65.3 Å². The Morgan fingerprint density at radius 1 is 1.30 bits per heavy atom. The van der Waals surface area contributed by atoms with Crippen molar-refractivity contribution in [1.82, 2.24) is 9.88 Å². The first-order valence-electron chi connectivity index (χ1n) is 10.0. The molecule has 1 aromatic carbocycles. The van der Waals surface area contributed by atoms with Crippen LogP contribution < -0.4 is 19.4 Å². The third-order valence-corrected chi connectivity index (χ3v) is 6.72. The number of anilines is 1. The van der Waals surface area contributed by atoms with E-state index < -0.39 is 10.0 Å². The molecule has 30 heavy (non-hydrogen) atoms. The number of sulfonamides is 1. The Kier molecular flexibility index (Phi) is 7.24. The van der Waals surface area contributed by atoms with Crippen molar-refractivity contribution in [3.05, 3.63) is 47.7 Å². The van der Waals surface area contributed by atoms with Gasteiger partial charge in [0, 0.05) is 6.08 Å². The molecule has 3 rings (SSSR count). The molecule has 1 aromatic heterocycles. The lowest BCUT2D eigenvalue weighted by Crippen LogP contribution is -3.15. The Balaban J connectivity index is 1.54. The topological polar surface area (TPSA) is 84.3 Å². The minimum atomic E-state index is -3.73. The third kappa shape index (κ3) is 5.45. The number of para-hydroxylation sites is 1. The summed E-state index contributed by atoms with van der Waals surface area (Å²) in [5.41, 5.74) is 0.960. The molecule has 8 nitrogen and oxygen atoms in total. The summed E-state index contributed by atoms with van der Waals surface area (Å²) in [6, 6.07) is 6.79. The van der Waals surface area contributed by atoms with Crippen molar-refractivity contribution in [2.24, 2.45) is 0 Å². The van der Waals surface area contributed by atoms with Gasteiger partial charge in [-0.3, -0.25) is 0 Å². The number of benzene rings is 1. The maximum Gasteiger partial charge on any atom is 0.246 e. The lowest BCUT2D eigenvalue weighted by Gasteiger charge is -2.33. The zero-order chi connectivity index (χ0) is 21.7. The summed E-state index contributed by atoms with van der Waals surface area (Å²) < 4.78 is 47.4. The summed E-state index contributed by atoms with van der Waals surface area (Å²) in [6.45, 7) is 5.69. The number of hydrogen-bond acceptors (Lipinski definition) is 5. The van der Waals surface area contributed by atoms with E-state index >= 15 is 0 Å². The van der Waals surface area contributed by atoms with Crippen molar-refractivity contribution in [1.29, 1.82) is 0 Å². The second-order valence-corrected chi connectivity index (χ2v) is 9.41. The van der Waals surface area contributed by atoms with E-state index in [0.717, 1.165) is 31.1 Å². The molecule has 10 heteroatoms. The van der Waals surface area contributed by atoms with E-state index in [1.807, 2.05) is 25.1 Å². The van der Waals surface area contributed by atoms with E-state index in [0.29, 0.717) is 24.5 Å². The van der Waals surface area contributed by atoms with Crippen molar-refractivity contribution in [2.75, 3.05) is 58.3 Å². The maximum atomic E-state index is 14.0. The smallest absolute Gasteiger partial charge is 0.246 e. The van der Waals surface area contributed by atoms with Gasteiger partial charge in [-0.2, -0.15) is 0 Å². The van der Waals surface area contributed by atoms with Gasteiger partial charge in [0.1, 0.15) is 11.5 Å². The van der Waals surface area contributed by atoms with Crippen molar-refractivity contribution >= 4 is 21.8 Å². The van der Waals surface area contributed by atoms with Gasteiger partial charge in [-0.25, -0.2) is 17.5 Å². The van der Waals surface area contributed by atoms with Crippen LogP contribution in [0.15, 0.2) is 39.9 Å². The predicted octanol–water partition coefficient (Wildman–Crippen LogP) is -1.08. The molecule has 1 aliphatic rings. The summed E-state index contributed by atoms with van der Waals surface area (Å²) in [5, 5.41) is 3.81. The molecule has 0 bridgehead atoms. The number of quaternary nitrogens is 2. The van der Waals surface area contributed by atoms with Crippen LogP contribution in [0.1, 0.15) is 11.5 Å². The number of rotatable bonds is 8. The summed E-state index contributed by atoms with van der Waals surface area (Å²) in [5.74, 6) is 0.0190. The molecule has 1 fully saturated rings. The Hall–Kier alpha value is -2.27. The van der Waals surface area contributed by atoms with E-state index in [4.69, 9.17) is 4.52 Å². The minimum absolute atomic E-state index is 0.0828. The van der Waals surface area contributed by atoms with Gasteiger partial charge in [-0.05, 0) is 19.1 Å². The molecule has 0 spiro atoms. The molecule has 0 radical (unpaired) electrons. The molecule has 0 unspecified atom stereocenters. The zero-order valence-corrected chi connectivity index (χ0v) is 18.4. The first kappa shape index (κ1) is 22.4. The molecule has 0 saturated carbocycles. The molecule has 2 aromatic rings. The lowest BCUT2D eigenvalue weighted by atomic mass is 10.2. The highest BCUT2D eigenvalue weighted by atomic mass is 32.2. The molecule has 1 saturated heterocycles. The fourth-order valence-corrected chi connectivity index (χ4v) is 4.82. The van der Waals surface area contributed by atoms with Gasteiger partial charge in [0.25, 0.3) is 0 Å². The Morgan fingerprint density at radius 3 is 2.67 bits per heavy atom. The van der Waals surface area contributed by atoms with Crippen LogP contribution in [0.3, 0.4) is 0 Å². The van der Waals surface area contributed by atoms with Crippen molar-refractivity contribution in [3.8, 4) is 0 Å². The van der Waals surface area contributed by atoms with E-state index in [-0.39, 0.29) is 16.5 Å². The summed E-state index contributed by atoms with van der Waals surface area (Å²) in [7, 11) is 0.109. The first-order chi connectivity index (χ1) is 14.3. The molecular formula is C20H30FN5O3S+2. The van der Waals surface area contributed by atoms with Crippen LogP contribution >= 0.6 is 0 Å². The Morgan fingerprint density at radius 2 is 2.00 bits per heavy atom. The third-order valence-electron chi connectivity index (χ3n) is 5.10.